The lowest BCUT2D eigenvalue weighted by atomic mass is 10.1. The quantitative estimate of drug-likeness (QED) is 0.611. The zero-order chi connectivity index (χ0) is 23.4. The molecule has 0 saturated carbocycles. The number of amides is 3. The second-order valence-electron chi connectivity index (χ2n) is 8.42. The van der Waals surface area contributed by atoms with Gasteiger partial charge in [-0.3, -0.25) is 9.78 Å². The first-order chi connectivity index (χ1) is 15.9. The number of carbonyl (C=O) groups excluding carboxylic acids is 2. The van der Waals surface area contributed by atoms with Gasteiger partial charge in [-0.05, 0) is 68.3 Å². The van der Waals surface area contributed by atoms with E-state index >= 15 is 0 Å². The highest BCUT2D eigenvalue weighted by atomic mass is 16.2. The van der Waals surface area contributed by atoms with Crippen molar-refractivity contribution < 1.29 is 9.59 Å². The van der Waals surface area contributed by atoms with Gasteiger partial charge in [0.15, 0.2) is 0 Å². The van der Waals surface area contributed by atoms with Crippen LogP contribution in [0.1, 0.15) is 27.0 Å². The number of rotatable bonds is 4. The van der Waals surface area contributed by atoms with Crippen LogP contribution in [0.25, 0.3) is 0 Å². The van der Waals surface area contributed by atoms with E-state index in [1.54, 1.807) is 22.2 Å². The SMILES string of the molecule is Cc1cc(C)c(NC(=O)N2CCN(C(=O)c3ccc(Nc4ccncc4)cc3)CC2)c(C)c1. The Balaban J connectivity index is 1.32. The van der Waals surface area contributed by atoms with Gasteiger partial charge in [-0.15, -0.1) is 0 Å². The second-order valence-corrected chi connectivity index (χ2v) is 8.42. The van der Waals surface area contributed by atoms with Gasteiger partial charge in [-0.25, -0.2) is 4.79 Å². The molecular weight excluding hydrogens is 414 g/mol. The third kappa shape index (κ3) is 5.31. The number of piperazine rings is 1. The largest absolute Gasteiger partial charge is 0.355 e. The van der Waals surface area contributed by atoms with Gasteiger partial charge >= 0.3 is 6.03 Å². The predicted molar refractivity (Wildman–Crippen MR) is 131 cm³/mol. The van der Waals surface area contributed by atoms with E-state index in [0.29, 0.717) is 31.7 Å². The minimum Gasteiger partial charge on any atom is -0.355 e. The van der Waals surface area contributed by atoms with Crippen LogP contribution in [0.2, 0.25) is 0 Å². The number of anilines is 3. The normalized spacial score (nSPS) is 13.5. The summed E-state index contributed by atoms with van der Waals surface area (Å²) in [5.41, 5.74) is 6.63. The molecule has 2 aromatic carbocycles. The van der Waals surface area contributed by atoms with Crippen LogP contribution >= 0.6 is 0 Å². The van der Waals surface area contributed by atoms with Crippen LogP contribution in [0.5, 0.6) is 0 Å². The fraction of sp³-hybridized carbons (Fsp3) is 0.269. The van der Waals surface area contributed by atoms with Crippen LogP contribution in [-0.2, 0) is 0 Å². The van der Waals surface area contributed by atoms with Crippen molar-refractivity contribution in [2.75, 3.05) is 36.8 Å². The summed E-state index contributed by atoms with van der Waals surface area (Å²) >= 11 is 0. The topological polar surface area (TPSA) is 77.6 Å². The average molecular weight is 444 g/mol. The molecule has 0 aliphatic carbocycles. The van der Waals surface area contributed by atoms with Gasteiger partial charge in [0.2, 0.25) is 0 Å². The summed E-state index contributed by atoms with van der Waals surface area (Å²) in [7, 11) is 0. The Morgan fingerprint density at radius 1 is 0.788 bits per heavy atom. The maximum absolute atomic E-state index is 12.9. The van der Waals surface area contributed by atoms with Crippen LogP contribution in [0.15, 0.2) is 60.9 Å². The molecule has 3 aromatic rings. The Hall–Kier alpha value is -3.87. The van der Waals surface area contributed by atoms with E-state index in [1.165, 1.54) is 5.56 Å². The Bertz CT molecular complexity index is 1110. The molecule has 2 heterocycles. The minimum atomic E-state index is -0.122. The summed E-state index contributed by atoms with van der Waals surface area (Å²) in [6, 6.07) is 15.2. The van der Waals surface area contributed by atoms with E-state index in [0.717, 1.165) is 28.2 Å². The number of urea groups is 1. The van der Waals surface area contributed by atoms with E-state index in [1.807, 2.05) is 57.2 Å². The first-order valence-corrected chi connectivity index (χ1v) is 11.1. The fourth-order valence-electron chi connectivity index (χ4n) is 4.16. The van der Waals surface area contributed by atoms with Crippen molar-refractivity contribution in [1.82, 2.24) is 14.8 Å². The van der Waals surface area contributed by atoms with Gasteiger partial charge < -0.3 is 20.4 Å². The molecule has 7 nitrogen and oxygen atoms in total. The number of aromatic nitrogens is 1. The molecule has 0 unspecified atom stereocenters. The minimum absolute atomic E-state index is 0.0178. The molecule has 1 saturated heterocycles. The van der Waals surface area contributed by atoms with Crippen molar-refractivity contribution in [3.05, 3.63) is 83.2 Å². The molecule has 2 N–H and O–H groups in total. The number of hydrogen-bond donors (Lipinski definition) is 2. The van der Waals surface area contributed by atoms with Gasteiger partial charge in [0.05, 0.1) is 0 Å². The summed E-state index contributed by atoms with van der Waals surface area (Å²) < 4.78 is 0. The molecule has 3 amide bonds. The molecule has 7 heteroatoms. The maximum Gasteiger partial charge on any atom is 0.321 e. The Morgan fingerprint density at radius 2 is 1.33 bits per heavy atom. The number of pyridine rings is 1. The first kappa shape index (κ1) is 22.3. The Kier molecular flexibility index (Phi) is 6.58. The molecule has 0 radical (unpaired) electrons. The van der Waals surface area contributed by atoms with Crippen LogP contribution in [0, 0.1) is 20.8 Å². The Labute approximate surface area is 194 Å². The van der Waals surface area contributed by atoms with Crippen molar-refractivity contribution in [2.24, 2.45) is 0 Å². The highest BCUT2D eigenvalue weighted by molar-refractivity contribution is 5.95. The maximum atomic E-state index is 12.9. The number of nitrogens with one attached hydrogen (secondary N) is 2. The second kappa shape index (κ2) is 9.73. The molecule has 1 fully saturated rings. The van der Waals surface area contributed by atoms with Gasteiger partial charge in [0, 0.05) is 61.2 Å². The van der Waals surface area contributed by atoms with Crippen LogP contribution < -0.4 is 10.6 Å². The zero-order valence-electron chi connectivity index (χ0n) is 19.3. The third-order valence-corrected chi connectivity index (χ3v) is 5.86. The van der Waals surface area contributed by atoms with Crippen molar-refractivity contribution in [3.63, 3.8) is 0 Å². The molecule has 0 spiro atoms. The number of carbonyl (C=O) groups is 2. The molecule has 0 atom stereocenters. The van der Waals surface area contributed by atoms with Gasteiger partial charge in [0.1, 0.15) is 0 Å². The molecule has 1 aliphatic heterocycles. The van der Waals surface area contributed by atoms with Crippen molar-refractivity contribution in [1.29, 1.82) is 0 Å². The predicted octanol–water partition coefficient (Wildman–Crippen LogP) is 4.74. The molecule has 0 bridgehead atoms. The van der Waals surface area contributed by atoms with Crippen LogP contribution in [-0.4, -0.2) is 52.9 Å². The summed E-state index contributed by atoms with van der Waals surface area (Å²) in [5, 5.41) is 6.33. The summed E-state index contributed by atoms with van der Waals surface area (Å²) in [6.45, 7) is 8.08. The summed E-state index contributed by atoms with van der Waals surface area (Å²) in [6.07, 6.45) is 3.45. The average Bonchev–Trinajstić information content (AvgIpc) is 2.82. The number of aryl methyl sites for hydroxylation is 3. The molecule has 4 rings (SSSR count). The van der Waals surface area contributed by atoms with E-state index in [9.17, 15) is 9.59 Å². The van der Waals surface area contributed by atoms with E-state index in [4.69, 9.17) is 0 Å². The number of benzene rings is 2. The molecule has 1 aliphatic rings. The molecular formula is C26H29N5O2. The van der Waals surface area contributed by atoms with Crippen LogP contribution in [0.4, 0.5) is 21.9 Å². The monoisotopic (exact) mass is 443 g/mol. The third-order valence-electron chi connectivity index (χ3n) is 5.86. The first-order valence-electron chi connectivity index (χ1n) is 11.1. The van der Waals surface area contributed by atoms with Gasteiger partial charge in [0.25, 0.3) is 5.91 Å². The van der Waals surface area contributed by atoms with E-state index in [-0.39, 0.29) is 11.9 Å². The van der Waals surface area contributed by atoms with Crippen molar-refractivity contribution in [3.8, 4) is 0 Å². The van der Waals surface area contributed by atoms with E-state index in [2.05, 4.69) is 27.8 Å². The lowest BCUT2D eigenvalue weighted by molar-refractivity contribution is 0.0671. The molecule has 33 heavy (non-hydrogen) atoms. The van der Waals surface area contributed by atoms with Gasteiger partial charge in [-0.1, -0.05) is 17.7 Å². The van der Waals surface area contributed by atoms with Crippen molar-refractivity contribution in [2.45, 2.75) is 20.8 Å². The standard InChI is InChI=1S/C26H29N5O2/c1-18-16-19(2)24(20(3)17-18)29-26(33)31-14-12-30(13-15-31)25(32)21-4-6-22(7-5-21)28-23-8-10-27-11-9-23/h4-11,16-17H,12-15H2,1-3H3,(H,27,28)(H,29,33). The molecule has 170 valence electrons. The number of hydrogen-bond acceptors (Lipinski definition) is 4. The van der Waals surface area contributed by atoms with Gasteiger partial charge in [-0.2, -0.15) is 0 Å². The highest BCUT2D eigenvalue weighted by Crippen LogP contribution is 2.23. The lowest BCUT2D eigenvalue weighted by Gasteiger charge is -2.35. The summed E-state index contributed by atoms with van der Waals surface area (Å²) in [5.74, 6) is -0.0178. The van der Waals surface area contributed by atoms with E-state index < -0.39 is 0 Å². The summed E-state index contributed by atoms with van der Waals surface area (Å²) in [4.78, 5) is 33.3. The zero-order valence-corrected chi connectivity index (χ0v) is 19.3. The number of nitrogens with zero attached hydrogens (tertiary/aromatic N) is 3. The van der Waals surface area contributed by atoms with Crippen molar-refractivity contribution >= 4 is 29.0 Å². The highest BCUT2D eigenvalue weighted by Gasteiger charge is 2.25. The lowest BCUT2D eigenvalue weighted by Crippen LogP contribution is -2.51. The Morgan fingerprint density at radius 3 is 1.94 bits per heavy atom. The van der Waals surface area contributed by atoms with Crippen LogP contribution in [0.3, 0.4) is 0 Å². The molecule has 1 aromatic heterocycles. The smallest absolute Gasteiger partial charge is 0.321 e. The fourth-order valence-corrected chi connectivity index (χ4v) is 4.16.